The number of rotatable bonds is 4. The minimum Gasteiger partial charge on any atom is -0.497 e. The molecule has 3 aromatic rings. The summed E-state index contributed by atoms with van der Waals surface area (Å²) in [6, 6.07) is 13.8. The van der Waals surface area contributed by atoms with Crippen LogP contribution in [-0.4, -0.2) is 30.9 Å². The number of nitrogens with zero attached hydrogens (tertiary/aromatic N) is 2. The van der Waals surface area contributed by atoms with Crippen LogP contribution in [0.15, 0.2) is 47.4 Å². The first kappa shape index (κ1) is 21.2. The van der Waals surface area contributed by atoms with Gasteiger partial charge in [-0.3, -0.25) is 0 Å². The minimum absolute atomic E-state index is 0.0832. The van der Waals surface area contributed by atoms with E-state index in [1.165, 1.54) is 59.8 Å². The predicted molar refractivity (Wildman–Crippen MR) is 130 cm³/mol. The molecule has 0 spiro atoms. The Morgan fingerprint density at radius 1 is 0.909 bits per heavy atom. The lowest BCUT2D eigenvalue weighted by Crippen LogP contribution is -2.43. The molecule has 0 saturated heterocycles. The van der Waals surface area contributed by atoms with Crippen LogP contribution in [0, 0.1) is 0 Å². The van der Waals surface area contributed by atoms with E-state index in [1.807, 2.05) is 0 Å². The van der Waals surface area contributed by atoms with Crippen molar-refractivity contribution in [3.05, 3.63) is 59.3 Å². The number of aryl methyl sites for hydroxylation is 1. The van der Waals surface area contributed by atoms with Gasteiger partial charge in [0.05, 0.1) is 18.0 Å². The van der Waals surface area contributed by atoms with E-state index in [2.05, 4.69) is 22.8 Å². The lowest BCUT2D eigenvalue weighted by molar-refractivity contribution is 0.243. The van der Waals surface area contributed by atoms with Gasteiger partial charge < -0.3 is 9.30 Å². The van der Waals surface area contributed by atoms with E-state index in [4.69, 9.17) is 4.74 Å². The summed E-state index contributed by atoms with van der Waals surface area (Å²) >= 11 is 0. The smallest absolute Gasteiger partial charge is 0.243 e. The first-order chi connectivity index (χ1) is 16.1. The van der Waals surface area contributed by atoms with Gasteiger partial charge in [-0.1, -0.05) is 25.3 Å². The van der Waals surface area contributed by atoms with Gasteiger partial charge in [0.25, 0.3) is 0 Å². The SMILES string of the molecule is COc1ccc(S(=O)(=O)N2CCn3c4c(c5cc(C6CCCCC6)ccc53)CCCC42)cc1. The highest BCUT2D eigenvalue weighted by Gasteiger charge is 2.40. The number of ether oxygens (including phenoxy) is 1. The number of fused-ring (bicyclic) bond motifs is 3. The van der Waals surface area contributed by atoms with Gasteiger partial charge >= 0.3 is 0 Å². The summed E-state index contributed by atoms with van der Waals surface area (Å²) in [5, 5.41) is 1.36. The molecule has 5 nitrogen and oxygen atoms in total. The zero-order chi connectivity index (χ0) is 22.6. The van der Waals surface area contributed by atoms with E-state index < -0.39 is 10.0 Å². The molecule has 0 amide bonds. The predicted octanol–water partition coefficient (Wildman–Crippen LogP) is 5.78. The molecule has 2 aromatic carbocycles. The third kappa shape index (κ3) is 3.41. The molecule has 2 heterocycles. The van der Waals surface area contributed by atoms with E-state index in [0.29, 0.717) is 29.7 Å². The molecule has 1 aliphatic heterocycles. The third-order valence-corrected chi connectivity index (χ3v) is 10.0. The van der Waals surface area contributed by atoms with Crippen molar-refractivity contribution in [1.82, 2.24) is 8.87 Å². The summed E-state index contributed by atoms with van der Waals surface area (Å²) < 4.78 is 36.7. The highest BCUT2D eigenvalue weighted by molar-refractivity contribution is 7.89. The summed E-state index contributed by atoms with van der Waals surface area (Å²) in [6.45, 7) is 1.22. The van der Waals surface area contributed by atoms with Crippen molar-refractivity contribution >= 4 is 20.9 Å². The van der Waals surface area contributed by atoms with E-state index in [-0.39, 0.29) is 6.04 Å². The molecular formula is C27H32N2O3S. The maximum Gasteiger partial charge on any atom is 0.243 e. The van der Waals surface area contributed by atoms with E-state index in [1.54, 1.807) is 35.7 Å². The Bertz CT molecular complexity index is 1290. The first-order valence-corrected chi connectivity index (χ1v) is 13.8. The number of hydrogen-bond acceptors (Lipinski definition) is 3. The molecule has 6 heteroatoms. The molecule has 174 valence electrons. The Labute approximate surface area is 196 Å². The van der Waals surface area contributed by atoms with Crippen molar-refractivity contribution in [3.8, 4) is 5.75 Å². The van der Waals surface area contributed by atoms with Gasteiger partial charge in [0.15, 0.2) is 0 Å². The maximum atomic E-state index is 13.7. The molecular weight excluding hydrogens is 432 g/mol. The second kappa shape index (κ2) is 8.17. The fraction of sp³-hybridized carbons (Fsp3) is 0.481. The van der Waals surface area contributed by atoms with Crippen LogP contribution < -0.4 is 4.74 Å². The van der Waals surface area contributed by atoms with Crippen molar-refractivity contribution in [2.45, 2.75) is 74.8 Å². The minimum atomic E-state index is -3.57. The molecule has 6 rings (SSSR count). The lowest BCUT2D eigenvalue weighted by Gasteiger charge is -2.39. The van der Waals surface area contributed by atoms with Crippen molar-refractivity contribution in [2.24, 2.45) is 0 Å². The van der Waals surface area contributed by atoms with Crippen molar-refractivity contribution in [3.63, 3.8) is 0 Å². The summed E-state index contributed by atoms with van der Waals surface area (Å²) in [7, 11) is -1.98. The molecule has 0 N–H and O–H groups in total. The fourth-order valence-electron chi connectivity index (χ4n) is 6.45. The van der Waals surface area contributed by atoms with Gasteiger partial charge in [0.1, 0.15) is 5.75 Å². The molecule has 0 radical (unpaired) electrons. The molecule has 2 aliphatic carbocycles. The average molecular weight is 465 g/mol. The molecule has 1 unspecified atom stereocenters. The van der Waals surface area contributed by atoms with Crippen LogP contribution in [0.1, 0.15) is 73.7 Å². The fourth-order valence-corrected chi connectivity index (χ4v) is 8.06. The van der Waals surface area contributed by atoms with Crippen LogP contribution in [0.2, 0.25) is 0 Å². The maximum absolute atomic E-state index is 13.7. The number of benzene rings is 2. The molecule has 1 aromatic heterocycles. The summed E-state index contributed by atoms with van der Waals surface area (Å²) in [6.07, 6.45) is 9.58. The Morgan fingerprint density at radius 2 is 1.70 bits per heavy atom. The van der Waals surface area contributed by atoms with Crippen LogP contribution in [0.25, 0.3) is 10.9 Å². The highest BCUT2D eigenvalue weighted by atomic mass is 32.2. The Hall–Kier alpha value is -2.31. The summed E-state index contributed by atoms with van der Waals surface area (Å²) in [5.74, 6) is 1.35. The molecule has 3 aliphatic rings. The largest absolute Gasteiger partial charge is 0.497 e. The van der Waals surface area contributed by atoms with Gasteiger partial charge in [-0.05, 0) is 85.5 Å². The summed E-state index contributed by atoms with van der Waals surface area (Å²) in [5.41, 5.74) is 5.38. The lowest BCUT2D eigenvalue weighted by atomic mass is 9.83. The Morgan fingerprint density at radius 3 is 2.45 bits per heavy atom. The summed E-state index contributed by atoms with van der Waals surface area (Å²) in [4.78, 5) is 0.347. The van der Waals surface area contributed by atoms with Gasteiger partial charge in [-0.15, -0.1) is 0 Å². The standard InChI is InChI=1S/C27H32N2O3S/c1-32-21-11-13-22(14-12-21)33(30,31)29-17-16-28-25-15-10-20(19-6-3-2-4-7-19)18-24(25)23-8-5-9-26(29)27(23)28/h10-15,18-19,26H,2-9,16-17H2,1H3. The van der Waals surface area contributed by atoms with Gasteiger partial charge in [-0.2, -0.15) is 4.31 Å². The zero-order valence-corrected chi connectivity index (χ0v) is 20.1. The van der Waals surface area contributed by atoms with Crippen molar-refractivity contribution in [1.29, 1.82) is 0 Å². The topological polar surface area (TPSA) is 51.5 Å². The molecule has 1 saturated carbocycles. The van der Waals surface area contributed by atoms with Crippen LogP contribution in [0.5, 0.6) is 5.75 Å². The second-order valence-electron chi connectivity index (χ2n) is 9.83. The zero-order valence-electron chi connectivity index (χ0n) is 19.3. The number of hydrogen-bond donors (Lipinski definition) is 0. The molecule has 1 atom stereocenters. The normalized spacial score (nSPS) is 21.8. The molecule has 1 fully saturated rings. The first-order valence-electron chi connectivity index (χ1n) is 12.4. The van der Waals surface area contributed by atoms with Crippen molar-refractivity contribution in [2.75, 3.05) is 13.7 Å². The van der Waals surface area contributed by atoms with Gasteiger partial charge in [0, 0.05) is 29.7 Å². The molecule has 33 heavy (non-hydrogen) atoms. The Kier molecular flexibility index (Phi) is 5.26. The third-order valence-electron chi connectivity index (χ3n) is 8.09. The van der Waals surface area contributed by atoms with E-state index in [9.17, 15) is 8.42 Å². The van der Waals surface area contributed by atoms with Gasteiger partial charge in [-0.25, -0.2) is 8.42 Å². The number of aromatic nitrogens is 1. The van der Waals surface area contributed by atoms with Crippen molar-refractivity contribution < 1.29 is 13.2 Å². The monoisotopic (exact) mass is 464 g/mol. The quantitative estimate of drug-likeness (QED) is 0.492. The highest BCUT2D eigenvalue weighted by Crippen LogP contribution is 2.45. The second-order valence-corrected chi connectivity index (χ2v) is 11.7. The van der Waals surface area contributed by atoms with Crippen LogP contribution in [0.3, 0.4) is 0 Å². The van der Waals surface area contributed by atoms with E-state index in [0.717, 1.165) is 19.3 Å². The average Bonchev–Trinajstić information content (AvgIpc) is 3.19. The number of sulfonamides is 1. The van der Waals surface area contributed by atoms with Crippen LogP contribution >= 0.6 is 0 Å². The van der Waals surface area contributed by atoms with Crippen LogP contribution in [0.4, 0.5) is 0 Å². The van der Waals surface area contributed by atoms with Crippen LogP contribution in [-0.2, 0) is 23.0 Å². The number of methoxy groups -OCH3 is 1. The van der Waals surface area contributed by atoms with Gasteiger partial charge in [0.2, 0.25) is 10.0 Å². The van der Waals surface area contributed by atoms with E-state index >= 15 is 0 Å². The Balaban J connectivity index is 1.41. The molecule has 0 bridgehead atoms.